The summed E-state index contributed by atoms with van der Waals surface area (Å²) in [5.41, 5.74) is 0.983. The first-order valence-electron chi connectivity index (χ1n) is 7.30. The van der Waals surface area contributed by atoms with Gasteiger partial charge in [-0.05, 0) is 24.8 Å². The Bertz CT molecular complexity index is 417. The van der Waals surface area contributed by atoms with Gasteiger partial charge in [-0.2, -0.15) is 13.2 Å². The maximum absolute atomic E-state index is 12.2. The summed E-state index contributed by atoms with van der Waals surface area (Å²) in [7, 11) is 0. The topological polar surface area (TPSA) is 29.1 Å². The van der Waals surface area contributed by atoms with Crippen molar-refractivity contribution < 1.29 is 18.0 Å². The second-order valence-corrected chi connectivity index (χ2v) is 5.20. The van der Waals surface area contributed by atoms with Gasteiger partial charge in [0.1, 0.15) is 0 Å². The monoisotopic (exact) mass is 301 g/mol. The third-order valence-electron chi connectivity index (χ3n) is 3.33. The molecule has 5 heteroatoms. The van der Waals surface area contributed by atoms with Crippen LogP contribution < -0.4 is 5.32 Å². The lowest BCUT2D eigenvalue weighted by atomic mass is 9.96. The molecule has 0 spiro atoms. The van der Waals surface area contributed by atoms with Crippen LogP contribution in [0.1, 0.15) is 44.6 Å². The number of nitrogens with one attached hydrogen (secondary N) is 1. The number of alkyl halides is 3. The number of benzene rings is 1. The van der Waals surface area contributed by atoms with Crippen molar-refractivity contribution >= 4 is 5.91 Å². The molecule has 21 heavy (non-hydrogen) atoms. The molecule has 2 nitrogen and oxygen atoms in total. The Morgan fingerprint density at radius 2 is 1.86 bits per heavy atom. The molecule has 0 fully saturated rings. The van der Waals surface area contributed by atoms with Gasteiger partial charge in [0.15, 0.2) is 0 Å². The van der Waals surface area contributed by atoms with Crippen molar-refractivity contribution in [3.63, 3.8) is 0 Å². The minimum atomic E-state index is -4.14. The molecule has 1 N–H and O–H groups in total. The third-order valence-corrected chi connectivity index (χ3v) is 3.33. The van der Waals surface area contributed by atoms with Gasteiger partial charge in [-0.25, -0.2) is 0 Å². The quantitative estimate of drug-likeness (QED) is 0.755. The van der Waals surface area contributed by atoms with Gasteiger partial charge in [0, 0.05) is 18.9 Å². The number of rotatable bonds is 8. The molecule has 1 rings (SSSR count). The van der Waals surface area contributed by atoms with Gasteiger partial charge in [0.05, 0.1) is 0 Å². The lowest BCUT2D eigenvalue weighted by Crippen LogP contribution is -2.30. The molecule has 118 valence electrons. The Hall–Kier alpha value is -1.52. The summed E-state index contributed by atoms with van der Waals surface area (Å²) in [6.45, 7) is 2.35. The van der Waals surface area contributed by atoms with E-state index in [-0.39, 0.29) is 24.7 Å². The molecule has 1 atom stereocenters. The SMILES string of the molecule is CCCC(CCCC(F)(F)F)C(=O)NCc1ccccc1. The highest BCUT2D eigenvalue weighted by Crippen LogP contribution is 2.25. The first kappa shape index (κ1) is 17.5. The Balaban J connectivity index is 2.41. The maximum Gasteiger partial charge on any atom is 0.389 e. The number of hydrogen-bond acceptors (Lipinski definition) is 1. The summed E-state index contributed by atoms with van der Waals surface area (Å²) in [5, 5.41) is 2.81. The van der Waals surface area contributed by atoms with Crippen LogP contribution >= 0.6 is 0 Å². The van der Waals surface area contributed by atoms with Crippen molar-refractivity contribution in [2.24, 2.45) is 5.92 Å². The summed E-state index contributed by atoms with van der Waals surface area (Å²) in [6, 6.07) is 9.46. The molecule has 1 aromatic carbocycles. The van der Waals surface area contributed by atoms with Crippen molar-refractivity contribution in [1.82, 2.24) is 5.32 Å². The summed E-state index contributed by atoms with van der Waals surface area (Å²) < 4.78 is 36.5. The van der Waals surface area contributed by atoms with Crippen LogP contribution in [0.25, 0.3) is 0 Å². The highest BCUT2D eigenvalue weighted by molar-refractivity contribution is 5.78. The van der Waals surface area contributed by atoms with Gasteiger partial charge in [0.2, 0.25) is 5.91 Å². The zero-order valence-corrected chi connectivity index (χ0v) is 12.2. The molecule has 0 aliphatic rings. The fourth-order valence-corrected chi connectivity index (χ4v) is 2.23. The van der Waals surface area contributed by atoms with E-state index in [0.29, 0.717) is 13.0 Å². The van der Waals surface area contributed by atoms with Gasteiger partial charge in [-0.1, -0.05) is 43.7 Å². The number of carbonyl (C=O) groups is 1. The van der Waals surface area contributed by atoms with E-state index in [9.17, 15) is 18.0 Å². The highest BCUT2D eigenvalue weighted by atomic mass is 19.4. The van der Waals surface area contributed by atoms with Crippen LogP contribution in [-0.4, -0.2) is 12.1 Å². The Kier molecular flexibility index (Phi) is 7.26. The molecule has 1 amide bonds. The van der Waals surface area contributed by atoms with Crippen LogP contribution in [0.5, 0.6) is 0 Å². The summed E-state index contributed by atoms with van der Waals surface area (Å²) in [6.07, 6.45) is -3.26. The fraction of sp³-hybridized carbons (Fsp3) is 0.562. The van der Waals surface area contributed by atoms with Crippen LogP contribution in [0.3, 0.4) is 0 Å². The molecule has 0 aromatic heterocycles. The first-order chi connectivity index (χ1) is 9.92. The second kappa shape index (κ2) is 8.70. The van der Waals surface area contributed by atoms with Gasteiger partial charge < -0.3 is 5.32 Å². The van der Waals surface area contributed by atoms with E-state index in [1.165, 1.54) is 0 Å². The molecule has 0 saturated carbocycles. The molecule has 1 unspecified atom stereocenters. The molecule has 0 saturated heterocycles. The van der Waals surface area contributed by atoms with E-state index in [0.717, 1.165) is 12.0 Å². The largest absolute Gasteiger partial charge is 0.389 e. The first-order valence-corrected chi connectivity index (χ1v) is 7.30. The van der Waals surface area contributed by atoms with Crippen molar-refractivity contribution in [2.45, 2.75) is 51.7 Å². The molecular formula is C16H22F3NO. The van der Waals surface area contributed by atoms with Gasteiger partial charge in [-0.3, -0.25) is 4.79 Å². The maximum atomic E-state index is 12.2. The Morgan fingerprint density at radius 3 is 2.43 bits per heavy atom. The molecule has 0 aliphatic carbocycles. The lowest BCUT2D eigenvalue weighted by Gasteiger charge is -2.16. The smallest absolute Gasteiger partial charge is 0.352 e. The van der Waals surface area contributed by atoms with Crippen molar-refractivity contribution in [2.75, 3.05) is 0 Å². The molecule has 1 aromatic rings. The van der Waals surface area contributed by atoms with Crippen LogP contribution in [0.15, 0.2) is 30.3 Å². The zero-order valence-electron chi connectivity index (χ0n) is 12.2. The van der Waals surface area contributed by atoms with Crippen LogP contribution in [0.2, 0.25) is 0 Å². The van der Waals surface area contributed by atoms with Crippen LogP contribution in [-0.2, 0) is 11.3 Å². The second-order valence-electron chi connectivity index (χ2n) is 5.20. The minimum absolute atomic E-state index is 0.00687. The summed E-state index contributed by atoms with van der Waals surface area (Å²) in [4.78, 5) is 12.1. The van der Waals surface area contributed by atoms with Gasteiger partial charge >= 0.3 is 6.18 Å². The van der Waals surface area contributed by atoms with Crippen molar-refractivity contribution in [3.8, 4) is 0 Å². The molecular weight excluding hydrogens is 279 g/mol. The standard InChI is InChI=1S/C16H22F3NO/c1-2-7-14(10-6-11-16(17,18)19)15(21)20-12-13-8-4-3-5-9-13/h3-5,8-9,14H,2,6-7,10-12H2,1H3,(H,20,21). The van der Waals surface area contributed by atoms with E-state index in [2.05, 4.69) is 5.32 Å². The number of hydrogen-bond donors (Lipinski definition) is 1. The minimum Gasteiger partial charge on any atom is -0.352 e. The van der Waals surface area contributed by atoms with Gasteiger partial charge in [-0.15, -0.1) is 0 Å². The molecule has 0 bridgehead atoms. The van der Waals surface area contributed by atoms with Crippen LogP contribution in [0.4, 0.5) is 13.2 Å². The van der Waals surface area contributed by atoms with Crippen molar-refractivity contribution in [3.05, 3.63) is 35.9 Å². The zero-order chi connectivity index (χ0) is 15.7. The van der Waals surface area contributed by atoms with E-state index in [4.69, 9.17) is 0 Å². The predicted molar refractivity (Wildman–Crippen MR) is 76.6 cm³/mol. The van der Waals surface area contributed by atoms with E-state index < -0.39 is 12.6 Å². The summed E-state index contributed by atoms with van der Waals surface area (Å²) >= 11 is 0. The molecule has 0 heterocycles. The van der Waals surface area contributed by atoms with Crippen molar-refractivity contribution in [1.29, 1.82) is 0 Å². The number of halogens is 3. The molecule has 0 aliphatic heterocycles. The average Bonchev–Trinajstić information content (AvgIpc) is 2.44. The average molecular weight is 301 g/mol. The predicted octanol–water partition coefficient (Wildman–Crippen LogP) is 4.45. The molecule has 0 radical (unpaired) electrons. The van der Waals surface area contributed by atoms with E-state index >= 15 is 0 Å². The number of carbonyl (C=O) groups excluding carboxylic acids is 1. The number of amides is 1. The van der Waals surface area contributed by atoms with Crippen LogP contribution in [0, 0.1) is 5.92 Å². The normalized spacial score (nSPS) is 13.0. The fourth-order valence-electron chi connectivity index (χ4n) is 2.23. The van der Waals surface area contributed by atoms with E-state index in [1.807, 2.05) is 37.3 Å². The van der Waals surface area contributed by atoms with E-state index in [1.54, 1.807) is 0 Å². The Labute approximate surface area is 123 Å². The Morgan fingerprint density at radius 1 is 1.19 bits per heavy atom. The van der Waals surface area contributed by atoms with Gasteiger partial charge in [0.25, 0.3) is 0 Å². The third kappa shape index (κ3) is 7.73. The highest BCUT2D eigenvalue weighted by Gasteiger charge is 2.27. The lowest BCUT2D eigenvalue weighted by molar-refractivity contribution is -0.138. The summed E-state index contributed by atoms with van der Waals surface area (Å²) in [5.74, 6) is -0.482.